The monoisotopic (exact) mass is 678 g/mol. The predicted molar refractivity (Wildman–Crippen MR) is 228 cm³/mol. The van der Waals surface area contributed by atoms with Crippen LogP contribution in [0.2, 0.25) is 0 Å². The van der Waals surface area contributed by atoms with Crippen molar-refractivity contribution in [2.75, 3.05) is 4.90 Å². The molecule has 0 saturated heterocycles. The highest BCUT2D eigenvalue weighted by molar-refractivity contribution is 6.10. The number of para-hydroxylation sites is 2. The number of benzene rings is 8. The molecule has 0 aliphatic carbocycles. The molecule has 2 nitrogen and oxygen atoms in total. The number of hydrogen-bond acceptors (Lipinski definition) is 1. The van der Waals surface area contributed by atoms with E-state index < -0.39 is 0 Å². The summed E-state index contributed by atoms with van der Waals surface area (Å²) in [5, 5.41) is 7.62. The molecular formula is C51H38N2. The average molecular weight is 679 g/mol. The maximum absolute atomic E-state index is 3.85. The molecule has 9 rings (SSSR count). The van der Waals surface area contributed by atoms with Crippen molar-refractivity contribution in [3.63, 3.8) is 0 Å². The summed E-state index contributed by atoms with van der Waals surface area (Å²) in [7, 11) is 0. The van der Waals surface area contributed by atoms with Gasteiger partial charge in [-0.05, 0) is 111 Å². The second-order valence-electron chi connectivity index (χ2n) is 13.5. The van der Waals surface area contributed by atoms with E-state index in [1.165, 1.54) is 65.6 Å². The Hall–Kier alpha value is -6.90. The van der Waals surface area contributed by atoms with Crippen molar-refractivity contribution in [3.8, 4) is 27.9 Å². The van der Waals surface area contributed by atoms with Crippen LogP contribution in [-0.2, 0) is 0 Å². The van der Waals surface area contributed by atoms with Crippen LogP contribution in [-0.4, -0.2) is 4.57 Å². The van der Waals surface area contributed by atoms with Gasteiger partial charge in [-0.3, -0.25) is 0 Å². The van der Waals surface area contributed by atoms with E-state index in [0.29, 0.717) is 0 Å². The largest absolute Gasteiger partial charge is 0.315 e. The van der Waals surface area contributed by atoms with E-state index in [9.17, 15) is 0 Å². The van der Waals surface area contributed by atoms with Gasteiger partial charge in [0.15, 0.2) is 0 Å². The van der Waals surface area contributed by atoms with Gasteiger partial charge in [-0.2, -0.15) is 0 Å². The standard InChI is InChI=1S/C51H38N2/c1-3-4-5-12-36(2)52(44-31-27-39(28-32-44)42-22-21-41-20-19-40-13-6-7-14-46(40)49(41)35-42)43-29-23-37(24-30-43)38-25-33-45(34-26-38)53-50-17-10-8-15-47(50)48-16-9-11-18-51(48)53/h3-35H,1H2,2H3/b5-4-,36-12+. The Balaban J connectivity index is 1.03. The molecule has 1 heterocycles. The minimum absolute atomic E-state index is 1.10. The Labute approximate surface area is 310 Å². The van der Waals surface area contributed by atoms with Crippen LogP contribution in [0.3, 0.4) is 0 Å². The van der Waals surface area contributed by atoms with Gasteiger partial charge in [-0.1, -0.05) is 146 Å². The maximum atomic E-state index is 3.85. The number of nitrogens with zero attached hydrogens (tertiary/aromatic N) is 2. The van der Waals surface area contributed by atoms with Crippen LogP contribution in [0.1, 0.15) is 6.92 Å². The van der Waals surface area contributed by atoms with Crippen LogP contribution in [0.25, 0.3) is 71.3 Å². The zero-order chi connectivity index (χ0) is 35.7. The van der Waals surface area contributed by atoms with Gasteiger partial charge in [-0.15, -0.1) is 0 Å². The summed E-state index contributed by atoms with van der Waals surface area (Å²) in [4.78, 5) is 2.31. The highest BCUT2D eigenvalue weighted by Crippen LogP contribution is 2.36. The minimum atomic E-state index is 1.10. The number of fused-ring (bicyclic) bond motifs is 6. The van der Waals surface area contributed by atoms with Gasteiger partial charge in [0.25, 0.3) is 0 Å². The van der Waals surface area contributed by atoms with Crippen molar-refractivity contribution in [3.05, 3.63) is 213 Å². The summed E-state index contributed by atoms with van der Waals surface area (Å²) in [5.74, 6) is 0. The first-order chi connectivity index (χ1) is 26.2. The third-order valence-corrected chi connectivity index (χ3v) is 10.3. The SMILES string of the molecule is C=C/C=C\C=C(/C)N(c1ccc(-c2ccc(-n3c4ccccc4c4ccccc43)cc2)cc1)c1ccc(-c2ccc3ccc4ccccc4c3c2)cc1. The van der Waals surface area contributed by atoms with E-state index in [0.717, 1.165) is 22.8 Å². The molecule has 0 amide bonds. The molecule has 252 valence electrons. The summed E-state index contributed by atoms with van der Waals surface area (Å²) in [5.41, 5.74) is 11.7. The van der Waals surface area contributed by atoms with E-state index in [1.807, 2.05) is 12.2 Å². The molecule has 0 spiro atoms. The number of rotatable bonds is 8. The van der Waals surface area contributed by atoms with E-state index >= 15 is 0 Å². The normalized spacial score (nSPS) is 12.0. The smallest absolute Gasteiger partial charge is 0.0541 e. The lowest BCUT2D eigenvalue weighted by Crippen LogP contribution is -2.14. The second-order valence-corrected chi connectivity index (χ2v) is 13.5. The van der Waals surface area contributed by atoms with Gasteiger partial charge in [-0.25, -0.2) is 0 Å². The summed E-state index contributed by atoms with van der Waals surface area (Å²) >= 11 is 0. The molecule has 0 N–H and O–H groups in total. The molecule has 0 atom stereocenters. The Morgan fingerprint density at radius 2 is 0.943 bits per heavy atom. The van der Waals surface area contributed by atoms with Crippen LogP contribution >= 0.6 is 0 Å². The van der Waals surface area contributed by atoms with Gasteiger partial charge in [0, 0.05) is 33.5 Å². The predicted octanol–water partition coefficient (Wildman–Crippen LogP) is 14.2. The Morgan fingerprint density at radius 3 is 1.55 bits per heavy atom. The Bertz CT molecular complexity index is 2780. The molecule has 0 bridgehead atoms. The second kappa shape index (κ2) is 13.7. The first kappa shape index (κ1) is 32.0. The fourth-order valence-electron chi connectivity index (χ4n) is 7.70. The molecule has 0 aliphatic heterocycles. The van der Waals surface area contributed by atoms with Crippen LogP contribution in [0.4, 0.5) is 11.4 Å². The van der Waals surface area contributed by atoms with Crippen molar-refractivity contribution in [1.29, 1.82) is 0 Å². The quantitative estimate of drug-likeness (QED) is 0.115. The van der Waals surface area contributed by atoms with Crippen molar-refractivity contribution in [1.82, 2.24) is 4.57 Å². The third kappa shape index (κ3) is 5.91. The van der Waals surface area contributed by atoms with Crippen LogP contribution in [0.15, 0.2) is 213 Å². The highest BCUT2D eigenvalue weighted by Gasteiger charge is 2.14. The molecule has 2 heteroatoms. The highest BCUT2D eigenvalue weighted by atomic mass is 15.1. The van der Waals surface area contributed by atoms with E-state index in [2.05, 4.69) is 205 Å². The van der Waals surface area contributed by atoms with Crippen LogP contribution in [0.5, 0.6) is 0 Å². The van der Waals surface area contributed by atoms with Crippen molar-refractivity contribution in [2.24, 2.45) is 0 Å². The van der Waals surface area contributed by atoms with Gasteiger partial charge in [0.05, 0.1) is 11.0 Å². The molecule has 53 heavy (non-hydrogen) atoms. The molecule has 0 saturated carbocycles. The molecule has 0 aliphatic rings. The van der Waals surface area contributed by atoms with E-state index in [4.69, 9.17) is 0 Å². The zero-order valence-electron chi connectivity index (χ0n) is 29.7. The number of aromatic nitrogens is 1. The van der Waals surface area contributed by atoms with Crippen LogP contribution < -0.4 is 4.90 Å². The van der Waals surface area contributed by atoms with Crippen molar-refractivity contribution >= 4 is 54.7 Å². The fourth-order valence-corrected chi connectivity index (χ4v) is 7.70. The molecular weight excluding hydrogens is 641 g/mol. The van der Waals surface area contributed by atoms with Gasteiger partial charge in [0.1, 0.15) is 0 Å². The molecule has 0 radical (unpaired) electrons. The lowest BCUT2D eigenvalue weighted by molar-refractivity contribution is 1.16. The van der Waals surface area contributed by atoms with E-state index in [1.54, 1.807) is 6.08 Å². The number of anilines is 2. The summed E-state index contributed by atoms with van der Waals surface area (Å²) in [6.45, 7) is 6.00. The summed E-state index contributed by atoms with van der Waals surface area (Å²) in [6.07, 6.45) is 7.93. The van der Waals surface area contributed by atoms with Gasteiger partial charge in [0.2, 0.25) is 0 Å². The third-order valence-electron chi connectivity index (χ3n) is 10.3. The Kier molecular flexibility index (Phi) is 8.26. The first-order valence-electron chi connectivity index (χ1n) is 18.1. The van der Waals surface area contributed by atoms with E-state index in [-0.39, 0.29) is 0 Å². The summed E-state index contributed by atoms with van der Waals surface area (Å²) in [6, 6.07) is 63.8. The summed E-state index contributed by atoms with van der Waals surface area (Å²) < 4.78 is 2.36. The number of hydrogen-bond donors (Lipinski definition) is 0. The topological polar surface area (TPSA) is 8.17 Å². The molecule has 9 aromatic rings. The lowest BCUT2D eigenvalue weighted by Gasteiger charge is -2.26. The van der Waals surface area contributed by atoms with Gasteiger partial charge >= 0.3 is 0 Å². The maximum Gasteiger partial charge on any atom is 0.0541 e. The molecule has 1 aromatic heterocycles. The molecule has 0 fully saturated rings. The fraction of sp³-hybridized carbons (Fsp3) is 0.0196. The van der Waals surface area contributed by atoms with Crippen molar-refractivity contribution in [2.45, 2.75) is 6.92 Å². The van der Waals surface area contributed by atoms with Crippen molar-refractivity contribution < 1.29 is 0 Å². The number of allylic oxidation sites excluding steroid dienone is 5. The molecule has 8 aromatic carbocycles. The van der Waals surface area contributed by atoms with Crippen LogP contribution in [0, 0.1) is 0 Å². The molecule has 0 unspecified atom stereocenters. The zero-order valence-corrected chi connectivity index (χ0v) is 29.7. The van der Waals surface area contributed by atoms with Gasteiger partial charge < -0.3 is 9.47 Å². The first-order valence-corrected chi connectivity index (χ1v) is 18.1. The minimum Gasteiger partial charge on any atom is -0.315 e. The lowest BCUT2D eigenvalue weighted by atomic mass is 9.97. The Morgan fingerprint density at radius 1 is 0.472 bits per heavy atom. The average Bonchev–Trinajstić information content (AvgIpc) is 3.56.